The lowest BCUT2D eigenvalue weighted by Crippen LogP contribution is -2.27. The van der Waals surface area contributed by atoms with E-state index in [1.54, 1.807) is 12.3 Å². The molecule has 0 saturated carbocycles. The van der Waals surface area contributed by atoms with Crippen LogP contribution in [-0.2, 0) is 4.79 Å². The number of hydrogen-bond acceptors (Lipinski definition) is 2. The lowest BCUT2D eigenvalue weighted by molar-refractivity contribution is -0.123. The van der Waals surface area contributed by atoms with Gasteiger partial charge in [0.15, 0.2) is 0 Å². The molecule has 0 aromatic carbocycles. The molecule has 82 valence electrons. The first kappa shape index (κ1) is 12.5. The van der Waals surface area contributed by atoms with Gasteiger partial charge in [-0.3, -0.25) is 4.79 Å². The summed E-state index contributed by atoms with van der Waals surface area (Å²) in [5, 5.41) is 3.22. The van der Waals surface area contributed by atoms with Gasteiger partial charge >= 0.3 is 0 Å². The summed E-state index contributed by atoms with van der Waals surface area (Å²) in [7, 11) is 0. The maximum atomic E-state index is 11.6. The maximum Gasteiger partial charge on any atom is 0.230 e. The van der Waals surface area contributed by atoms with Crippen molar-refractivity contribution in [3.63, 3.8) is 0 Å². The van der Waals surface area contributed by atoms with Crippen LogP contribution in [-0.4, -0.2) is 10.9 Å². The second kappa shape index (κ2) is 4.49. The van der Waals surface area contributed by atoms with Gasteiger partial charge < -0.3 is 5.32 Å². The fourth-order valence-electron chi connectivity index (χ4n) is 0.786. The second-order valence-electron chi connectivity index (χ2n) is 4.19. The molecule has 5 heteroatoms. The van der Waals surface area contributed by atoms with E-state index in [4.69, 9.17) is 11.6 Å². The van der Waals surface area contributed by atoms with Crippen molar-refractivity contribution >= 4 is 39.3 Å². The Labute approximate surface area is 102 Å². The number of hydrogen-bond donors (Lipinski definition) is 1. The van der Waals surface area contributed by atoms with E-state index in [1.807, 2.05) is 20.8 Å². The minimum absolute atomic E-state index is 0.0895. The van der Waals surface area contributed by atoms with Crippen LogP contribution in [0.25, 0.3) is 0 Å². The molecule has 1 aromatic rings. The molecule has 0 aliphatic rings. The number of pyridine rings is 1. The summed E-state index contributed by atoms with van der Waals surface area (Å²) in [5.41, 5.74) is -0.443. The molecule has 0 atom stereocenters. The number of carbonyl (C=O) groups is 1. The Morgan fingerprint density at radius 2 is 2.13 bits per heavy atom. The molecule has 0 aliphatic heterocycles. The number of rotatable bonds is 1. The summed E-state index contributed by atoms with van der Waals surface area (Å²) < 4.78 is 0.706. The van der Waals surface area contributed by atoms with Gasteiger partial charge in [-0.2, -0.15) is 0 Å². The van der Waals surface area contributed by atoms with E-state index in [0.29, 0.717) is 15.3 Å². The van der Waals surface area contributed by atoms with Crippen LogP contribution >= 0.6 is 27.5 Å². The molecular weight excluding hydrogens is 279 g/mol. The number of carbonyl (C=O) groups excluding carboxylic acids is 1. The molecule has 1 amide bonds. The Kier molecular flexibility index (Phi) is 3.73. The lowest BCUT2D eigenvalue weighted by Gasteiger charge is -2.17. The van der Waals surface area contributed by atoms with Crippen molar-refractivity contribution in [1.82, 2.24) is 4.98 Å². The average molecular weight is 292 g/mol. The van der Waals surface area contributed by atoms with E-state index in [9.17, 15) is 4.79 Å². The van der Waals surface area contributed by atoms with E-state index in [-0.39, 0.29) is 5.91 Å². The van der Waals surface area contributed by atoms with Crippen LogP contribution in [0.1, 0.15) is 20.8 Å². The van der Waals surface area contributed by atoms with E-state index in [2.05, 4.69) is 26.2 Å². The molecular formula is C10H12BrClN2O. The smallest absolute Gasteiger partial charge is 0.230 e. The number of nitrogens with zero attached hydrogens (tertiary/aromatic N) is 1. The largest absolute Gasteiger partial charge is 0.310 e. The molecule has 0 fully saturated rings. The minimum Gasteiger partial charge on any atom is -0.310 e. The van der Waals surface area contributed by atoms with Crippen LogP contribution in [0.2, 0.25) is 5.02 Å². The van der Waals surface area contributed by atoms with Crippen molar-refractivity contribution in [2.24, 2.45) is 5.41 Å². The van der Waals surface area contributed by atoms with E-state index < -0.39 is 5.41 Å². The Balaban J connectivity index is 2.83. The Bertz CT molecular complexity index is 387. The van der Waals surface area contributed by atoms with Crippen molar-refractivity contribution in [2.75, 3.05) is 5.32 Å². The molecule has 1 heterocycles. The lowest BCUT2D eigenvalue weighted by atomic mass is 9.96. The van der Waals surface area contributed by atoms with E-state index >= 15 is 0 Å². The topological polar surface area (TPSA) is 42.0 Å². The van der Waals surface area contributed by atoms with Gasteiger partial charge in [0.2, 0.25) is 5.91 Å². The molecule has 0 radical (unpaired) electrons. The van der Waals surface area contributed by atoms with Gasteiger partial charge in [-0.15, -0.1) is 0 Å². The second-order valence-corrected chi connectivity index (χ2v) is 5.45. The van der Waals surface area contributed by atoms with Crippen molar-refractivity contribution < 1.29 is 4.79 Å². The molecule has 3 nitrogen and oxygen atoms in total. The summed E-state index contributed by atoms with van der Waals surface area (Å²) in [6.45, 7) is 5.51. The number of nitrogens with one attached hydrogen (secondary N) is 1. The predicted octanol–water partition coefficient (Wildman–Crippen LogP) is 3.48. The molecule has 0 bridgehead atoms. The highest BCUT2D eigenvalue weighted by atomic mass is 79.9. The van der Waals surface area contributed by atoms with Gasteiger partial charge in [-0.05, 0) is 15.9 Å². The SMILES string of the molecule is CC(C)(C)C(=O)Nc1cc(Cl)c(Br)cn1. The minimum atomic E-state index is -0.443. The standard InChI is InChI=1S/C10H12BrClN2O/c1-10(2,3)9(15)14-8-4-7(12)6(11)5-13-8/h4-5H,1-3H3,(H,13,14,15). The molecule has 0 unspecified atom stereocenters. The summed E-state index contributed by atoms with van der Waals surface area (Å²) >= 11 is 9.10. The van der Waals surface area contributed by atoms with Crippen molar-refractivity contribution in [3.05, 3.63) is 21.8 Å². The number of anilines is 1. The van der Waals surface area contributed by atoms with Gasteiger partial charge in [0.05, 0.1) is 9.50 Å². The summed E-state index contributed by atoms with van der Waals surface area (Å²) in [5.74, 6) is 0.372. The predicted molar refractivity (Wildman–Crippen MR) is 65.0 cm³/mol. The monoisotopic (exact) mass is 290 g/mol. The van der Waals surface area contributed by atoms with Crippen LogP contribution in [0.15, 0.2) is 16.7 Å². The number of amides is 1. The Morgan fingerprint density at radius 3 is 2.60 bits per heavy atom. The quantitative estimate of drug-likeness (QED) is 0.860. The summed E-state index contributed by atoms with van der Waals surface area (Å²) in [6, 6.07) is 1.61. The Hall–Kier alpha value is -0.610. The third-order valence-electron chi connectivity index (χ3n) is 1.73. The maximum absolute atomic E-state index is 11.6. The van der Waals surface area contributed by atoms with Crippen LogP contribution in [0.4, 0.5) is 5.82 Å². The highest BCUT2D eigenvalue weighted by Gasteiger charge is 2.21. The third kappa shape index (κ3) is 3.47. The van der Waals surface area contributed by atoms with Crippen molar-refractivity contribution in [1.29, 1.82) is 0 Å². The van der Waals surface area contributed by atoms with E-state index in [1.165, 1.54) is 0 Å². The molecule has 0 saturated heterocycles. The van der Waals surface area contributed by atoms with E-state index in [0.717, 1.165) is 0 Å². The fraction of sp³-hybridized carbons (Fsp3) is 0.400. The zero-order chi connectivity index (χ0) is 11.6. The first-order chi connectivity index (χ1) is 6.80. The number of aromatic nitrogens is 1. The van der Waals surface area contributed by atoms with Gasteiger partial charge in [-0.25, -0.2) is 4.98 Å². The van der Waals surface area contributed by atoms with Gasteiger partial charge in [-0.1, -0.05) is 32.4 Å². The molecule has 15 heavy (non-hydrogen) atoms. The first-order valence-electron chi connectivity index (χ1n) is 4.43. The first-order valence-corrected chi connectivity index (χ1v) is 5.60. The van der Waals surface area contributed by atoms with Gasteiger partial charge in [0.25, 0.3) is 0 Å². The molecule has 1 aromatic heterocycles. The molecule has 0 spiro atoms. The highest BCUT2D eigenvalue weighted by Crippen LogP contribution is 2.24. The molecule has 1 rings (SSSR count). The third-order valence-corrected chi connectivity index (χ3v) is 2.90. The van der Waals surface area contributed by atoms with Crippen LogP contribution in [0.5, 0.6) is 0 Å². The molecule has 1 N–H and O–H groups in total. The Morgan fingerprint density at radius 1 is 1.53 bits per heavy atom. The van der Waals surface area contributed by atoms with Crippen molar-refractivity contribution in [3.8, 4) is 0 Å². The van der Waals surface area contributed by atoms with Crippen molar-refractivity contribution in [2.45, 2.75) is 20.8 Å². The normalized spacial score (nSPS) is 11.3. The molecule has 0 aliphatic carbocycles. The van der Waals surface area contributed by atoms with Crippen LogP contribution in [0, 0.1) is 5.41 Å². The zero-order valence-electron chi connectivity index (χ0n) is 8.77. The van der Waals surface area contributed by atoms with Crippen LogP contribution in [0.3, 0.4) is 0 Å². The fourth-order valence-corrected chi connectivity index (χ4v) is 1.16. The van der Waals surface area contributed by atoms with Gasteiger partial charge in [0, 0.05) is 17.7 Å². The number of halogens is 2. The van der Waals surface area contributed by atoms with Gasteiger partial charge in [0.1, 0.15) is 5.82 Å². The average Bonchev–Trinajstić information content (AvgIpc) is 2.10. The summed E-state index contributed by atoms with van der Waals surface area (Å²) in [6.07, 6.45) is 1.56. The highest BCUT2D eigenvalue weighted by molar-refractivity contribution is 9.10. The zero-order valence-corrected chi connectivity index (χ0v) is 11.1. The summed E-state index contributed by atoms with van der Waals surface area (Å²) in [4.78, 5) is 15.7. The van der Waals surface area contributed by atoms with Crippen LogP contribution < -0.4 is 5.32 Å².